The molecule has 0 aromatic heterocycles. The molecule has 3 heteroatoms. The zero-order chi connectivity index (χ0) is 13.1. The highest BCUT2D eigenvalue weighted by molar-refractivity contribution is 6.01. The summed E-state index contributed by atoms with van der Waals surface area (Å²) in [5.74, 6) is 1.12. The molecule has 0 saturated carbocycles. The Kier molecular flexibility index (Phi) is 4.02. The molecule has 2 rings (SSSR count). The molecule has 1 aromatic carbocycles. The van der Waals surface area contributed by atoms with Crippen LogP contribution in [0.2, 0.25) is 0 Å². The number of aryl methyl sites for hydroxylation is 2. The van der Waals surface area contributed by atoms with Crippen LogP contribution in [-0.4, -0.2) is 26.0 Å². The number of ketones is 1. The summed E-state index contributed by atoms with van der Waals surface area (Å²) in [5.41, 5.74) is 2.90. The number of hydrogen-bond acceptors (Lipinski definition) is 3. The van der Waals surface area contributed by atoms with Crippen LogP contribution in [-0.2, 0) is 0 Å². The Balaban J connectivity index is 2.33. The van der Waals surface area contributed by atoms with Gasteiger partial charge in [0.15, 0.2) is 5.78 Å². The maximum absolute atomic E-state index is 12.6. The predicted octanol–water partition coefficient (Wildman–Crippen LogP) is 2.49. The Labute approximate surface area is 109 Å². The molecule has 1 saturated heterocycles. The van der Waals surface area contributed by atoms with Gasteiger partial charge in [-0.1, -0.05) is 6.07 Å². The molecule has 0 amide bonds. The van der Waals surface area contributed by atoms with Gasteiger partial charge < -0.3 is 10.1 Å². The maximum Gasteiger partial charge on any atom is 0.169 e. The van der Waals surface area contributed by atoms with Crippen LogP contribution >= 0.6 is 0 Å². The molecule has 1 aromatic rings. The van der Waals surface area contributed by atoms with E-state index in [9.17, 15) is 4.79 Å². The smallest absolute Gasteiger partial charge is 0.169 e. The third-order valence-electron chi connectivity index (χ3n) is 3.60. The second-order valence-electron chi connectivity index (χ2n) is 5.05. The highest BCUT2D eigenvalue weighted by Gasteiger charge is 2.25. The van der Waals surface area contributed by atoms with Gasteiger partial charge in [-0.05, 0) is 57.0 Å². The summed E-state index contributed by atoms with van der Waals surface area (Å²) in [7, 11) is 1.64. The average Bonchev–Trinajstić information content (AvgIpc) is 2.38. The van der Waals surface area contributed by atoms with Crippen molar-refractivity contribution in [3.8, 4) is 5.75 Å². The largest absolute Gasteiger partial charge is 0.496 e. The minimum atomic E-state index is 0.140. The van der Waals surface area contributed by atoms with Gasteiger partial charge in [0.2, 0.25) is 0 Å². The lowest BCUT2D eigenvalue weighted by Gasteiger charge is -2.22. The van der Waals surface area contributed by atoms with Crippen LogP contribution < -0.4 is 10.1 Å². The van der Waals surface area contributed by atoms with Crippen molar-refractivity contribution in [2.45, 2.75) is 26.7 Å². The summed E-state index contributed by atoms with van der Waals surface area (Å²) in [6.07, 6.45) is 1.85. The molecule has 0 atom stereocenters. The molecule has 1 N–H and O–H groups in total. The van der Waals surface area contributed by atoms with Gasteiger partial charge >= 0.3 is 0 Å². The molecular weight excluding hydrogens is 226 g/mol. The van der Waals surface area contributed by atoms with E-state index in [2.05, 4.69) is 11.4 Å². The van der Waals surface area contributed by atoms with Gasteiger partial charge in [-0.25, -0.2) is 0 Å². The van der Waals surface area contributed by atoms with Crippen molar-refractivity contribution >= 4 is 5.78 Å². The molecule has 0 aliphatic carbocycles. The molecule has 3 nitrogen and oxygen atoms in total. The Hall–Kier alpha value is -1.35. The molecule has 1 aliphatic rings. The van der Waals surface area contributed by atoms with Crippen LogP contribution in [0.25, 0.3) is 0 Å². The van der Waals surface area contributed by atoms with E-state index in [1.54, 1.807) is 7.11 Å². The normalized spacial score (nSPS) is 16.6. The summed E-state index contributed by atoms with van der Waals surface area (Å²) in [6, 6.07) is 4.01. The van der Waals surface area contributed by atoms with Crippen molar-refractivity contribution in [1.29, 1.82) is 0 Å². The first-order valence-corrected chi connectivity index (χ1v) is 6.53. The molecule has 18 heavy (non-hydrogen) atoms. The number of rotatable bonds is 3. The first-order chi connectivity index (χ1) is 8.63. The lowest BCUT2D eigenvalue weighted by Crippen LogP contribution is -2.32. The van der Waals surface area contributed by atoms with Gasteiger partial charge in [-0.2, -0.15) is 0 Å². The first-order valence-electron chi connectivity index (χ1n) is 6.53. The standard InChI is InChI=1S/C15H21NO2/c1-10-8-11(2)15(18-3)13(9-10)14(17)12-4-6-16-7-5-12/h8-9,12,16H,4-7H2,1-3H3. The molecule has 0 bridgehead atoms. The van der Waals surface area contributed by atoms with Gasteiger partial charge in [0, 0.05) is 5.92 Å². The van der Waals surface area contributed by atoms with Gasteiger partial charge in [0.05, 0.1) is 12.7 Å². The van der Waals surface area contributed by atoms with E-state index in [1.165, 1.54) is 0 Å². The third kappa shape index (κ3) is 2.56. The fourth-order valence-corrected chi connectivity index (χ4v) is 2.71. The fraction of sp³-hybridized carbons (Fsp3) is 0.533. The molecule has 98 valence electrons. The molecule has 0 spiro atoms. The van der Waals surface area contributed by atoms with Crippen LogP contribution in [0.1, 0.15) is 34.3 Å². The lowest BCUT2D eigenvalue weighted by molar-refractivity contribution is 0.0891. The van der Waals surface area contributed by atoms with E-state index in [1.807, 2.05) is 19.9 Å². The molecule has 0 unspecified atom stereocenters. The molecule has 1 heterocycles. The van der Waals surface area contributed by atoms with E-state index < -0.39 is 0 Å². The van der Waals surface area contributed by atoms with Crippen molar-refractivity contribution in [3.05, 3.63) is 28.8 Å². The average molecular weight is 247 g/mol. The van der Waals surface area contributed by atoms with Crippen molar-refractivity contribution in [1.82, 2.24) is 5.32 Å². The lowest BCUT2D eigenvalue weighted by atomic mass is 9.88. The maximum atomic E-state index is 12.6. The first kappa shape index (κ1) is 13.1. The van der Waals surface area contributed by atoms with Crippen LogP contribution in [0, 0.1) is 19.8 Å². The van der Waals surface area contributed by atoms with Gasteiger partial charge in [-0.15, -0.1) is 0 Å². The van der Waals surface area contributed by atoms with E-state index >= 15 is 0 Å². The minimum Gasteiger partial charge on any atom is -0.496 e. The quantitative estimate of drug-likeness (QED) is 0.834. The van der Waals surface area contributed by atoms with Crippen molar-refractivity contribution in [2.75, 3.05) is 20.2 Å². The number of piperidine rings is 1. The van der Waals surface area contributed by atoms with E-state index in [4.69, 9.17) is 4.74 Å². The topological polar surface area (TPSA) is 38.3 Å². The second kappa shape index (κ2) is 5.53. The van der Waals surface area contributed by atoms with Crippen LogP contribution in [0.15, 0.2) is 12.1 Å². The van der Waals surface area contributed by atoms with Crippen molar-refractivity contribution < 1.29 is 9.53 Å². The third-order valence-corrected chi connectivity index (χ3v) is 3.60. The van der Waals surface area contributed by atoms with Crippen molar-refractivity contribution in [2.24, 2.45) is 5.92 Å². The van der Waals surface area contributed by atoms with E-state index in [-0.39, 0.29) is 11.7 Å². The Morgan fingerprint density at radius 1 is 1.28 bits per heavy atom. The molecular formula is C15H21NO2. The van der Waals surface area contributed by atoms with E-state index in [0.717, 1.165) is 48.4 Å². The summed E-state index contributed by atoms with van der Waals surface area (Å²) in [6.45, 7) is 5.88. The second-order valence-corrected chi connectivity index (χ2v) is 5.05. The predicted molar refractivity (Wildman–Crippen MR) is 72.4 cm³/mol. The highest BCUT2D eigenvalue weighted by Crippen LogP contribution is 2.29. The number of Topliss-reactive ketones (excluding diaryl/α,β-unsaturated/α-hetero) is 1. The number of nitrogens with one attached hydrogen (secondary N) is 1. The van der Waals surface area contributed by atoms with Crippen LogP contribution in [0.4, 0.5) is 0 Å². The number of benzene rings is 1. The fourth-order valence-electron chi connectivity index (χ4n) is 2.71. The summed E-state index contributed by atoms with van der Waals surface area (Å²) in [5, 5.41) is 3.29. The molecule has 1 fully saturated rings. The van der Waals surface area contributed by atoms with Gasteiger partial charge in [0.25, 0.3) is 0 Å². The van der Waals surface area contributed by atoms with Crippen LogP contribution in [0.3, 0.4) is 0 Å². The van der Waals surface area contributed by atoms with E-state index in [0.29, 0.717) is 0 Å². The monoisotopic (exact) mass is 247 g/mol. The number of carbonyl (C=O) groups is 1. The minimum absolute atomic E-state index is 0.140. The number of ether oxygens (including phenoxy) is 1. The van der Waals surface area contributed by atoms with Gasteiger partial charge in [0.1, 0.15) is 5.75 Å². The molecule has 0 radical (unpaired) electrons. The van der Waals surface area contributed by atoms with Gasteiger partial charge in [-0.3, -0.25) is 4.79 Å². The summed E-state index contributed by atoms with van der Waals surface area (Å²) >= 11 is 0. The Morgan fingerprint density at radius 2 is 1.94 bits per heavy atom. The zero-order valence-electron chi connectivity index (χ0n) is 11.4. The summed E-state index contributed by atoms with van der Waals surface area (Å²) < 4.78 is 5.41. The van der Waals surface area contributed by atoms with Crippen LogP contribution in [0.5, 0.6) is 5.75 Å². The molecule has 1 aliphatic heterocycles. The number of carbonyl (C=O) groups excluding carboxylic acids is 1. The van der Waals surface area contributed by atoms with Crippen molar-refractivity contribution in [3.63, 3.8) is 0 Å². The highest BCUT2D eigenvalue weighted by atomic mass is 16.5. The number of hydrogen-bond donors (Lipinski definition) is 1. The SMILES string of the molecule is COc1c(C)cc(C)cc1C(=O)C1CCNCC1. The summed E-state index contributed by atoms with van der Waals surface area (Å²) in [4.78, 5) is 12.6. The zero-order valence-corrected chi connectivity index (χ0v) is 11.4. The Morgan fingerprint density at radius 3 is 2.56 bits per heavy atom. The Bertz CT molecular complexity index is 448. The number of methoxy groups -OCH3 is 1.